The van der Waals surface area contributed by atoms with Crippen molar-refractivity contribution >= 4 is 33.5 Å². The zero-order valence-corrected chi connectivity index (χ0v) is 15.8. The fourth-order valence-electron chi connectivity index (χ4n) is 1.91. The number of aromatic nitrogens is 1. The Bertz CT molecular complexity index is 730. The van der Waals surface area contributed by atoms with Gasteiger partial charge in [0.25, 0.3) is 0 Å². The normalized spacial score (nSPS) is 12.4. The molecule has 5 nitrogen and oxygen atoms in total. The van der Waals surface area contributed by atoms with Gasteiger partial charge in [0.05, 0.1) is 0 Å². The molecule has 1 aromatic carbocycles. The maximum atomic E-state index is 12.6. The molecule has 1 heterocycles. The van der Waals surface area contributed by atoms with Crippen LogP contribution in [0.4, 0.5) is 5.82 Å². The van der Waals surface area contributed by atoms with Crippen molar-refractivity contribution in [2.45, 2.75) is 29.1 Å². The number of anilines is 1. The van der Waals surface area contributed by atoms with Crippen molar-refractivity contribution in [2.75, 3.05) is 11.4 Å². The van der Waals surface area contributed by atoms with Crippen LogP contribution in [0.1, 0.15) is 5.76 Å². The van der Waals surface area contributed by atoms with Crippen LogP contribution in [-0.4, -0.2) is 33.9 Å². The second-order valence-corrected chi connectivity index (χ2v) is 18.7. The first-order chi connectivity index (χ1) is 9.62. The summed E-state index contributed by atoms with van der Waals surface area (Å²) in [5.74, 6) is 7.67. The van der Waals surface area contributed by atoms with Crippen molar-refractivity contribution in [1.82, 2.24) is 5.16 Å². The van der Waals surface area contributed by atoms with E-state index < -0.39 is 23.3 Å². The van der Waals surface area contributed by atoms with E-state index in [9.17, 15) is 8.42 Å². The van der Waals surface area contributed by atoms with Gasteiger partial charge >= 0.3 is 128 Å². The Labute approximate surface area is 128 Å². The molecule has 7 heteroatoms. The summed E-state index contributed by atoms with van der Waals surface area (Å²) in [4.78, 5) is 0.265. The van der Waals surface area contributed by atoms with Gasteiger partial charge in [0, 0.05) is 0 Å². The van der Waals surface area contributed by atoms with Crippen LogP contribution in [0.25, 0.3) is 0 Å². The van der Waals surface area contributed by atoms with Gasteiger partial charge in [-0.2, -0.15) is 0 Å². The molecular weight excluding hydrogens is 349 g/mol. The summed E-state index contributed by atoms with van der Waals surface area (Å²) in [6.45, 7) is 1.72. The summed E-state index contributed by atoms with van der Waals surface area (Å²) in [6, 6.07) is 8.79. The van der Waals surface area contributed by atoms with Crippen LogP contribution in [0.3, 0.4) is 0 Å². The predicted molar refractivity (Wildman–Crippen MR) is 86.3 cm³/mol. The van der Waals surface area contributed by atoms with Crippen LogP contribution in [0.5, 0.6) is 0 Å². The minimum absolute atomic E-state index is 0.265. The van der Waals surface area contributed by atoms with E-state index in [1.807, 2.05) is 12.1 Å². The van der Waals surface area contributed by atoms with Gasteiger partial charge in [-0.1, -0.05) is 0 Å². The molecule has 0 spiro atoms. The van der Waals surface area contributed by atoms with Crippen LogP contribution >= 0.6 is 0 Å². The van der Waals surface area contributed by atoms with E-state index in [-0.39, 0.29) is 10.7 Å². The standard InChI is InChI=1S/C14H20GeN2O3S/c1-11-10-14(16-20-11)17(5)21(18,19)13-8-6-12(7-9-13)15(2,3)4/h6-10H,1-5H3. The van der Waals surface area contributed by atoms with E-state index in [2.05, 4.69) is 22.4 Å². The molecule has 0 radical (unpaired) electrons. The summed E-state index contributed by atoms with van der Waals surface area (Å²) in [5, 5.41) is 3.75. The first-order valence-corrected chi connectivity index (χ1v) is 15.4. The van der Waals surface area contributed by atoms with E-state index in [0.29, 0.717) is 5.76 Å². The Kier molecular flexibility index (Phi) is 4.21. The number of sulfonamides is 1. The average molecular weight is 369 g/mol. The van der Waals surface area contributed by atoms with Gasteiger partial charge in [0.15, 0.2) is 0 Å². The summed E-state index contributed by atoms with van der Waals surface area (Å²) < 4.78 is 32.5. The fraction of sp³-hybridized carbons (Fsp3) is 0.357. The van der Waals surface area contributed by atoms with Crippen molar-refractivity contribution in [1.29, 1.82) is 0 Å². The van der Waals surface area contributed by atoms with Gasteiger partial charge in [0.1, 0.15) is 0 Å². The van der Waals surface area contributed by atoms with Gasteiger partial charge in [-0.3, -0.25) is 0 Å². The molecule has 0 aliphatic carbocycles. The van der Waals surface area contributed by atoms with Crippen molar-refractivity contribution in [2.24, 2.45) is 0 Å². The van der Waals surface area contributed by atoms with Gasteiger partial charge in [0.2, 0.25) is 0 Å². The van der Waals surface area contributed by atoms with Crippen LogP contribution < -0.4 is 8.70 Å². The Hall–Kier alpha value is -1.28. The van der Waals surface area contributed by atoms with E-state index in [4.69, 9.17) is 4.52 Å². The third-order valence-electron chi connectivity index (χ3n) is 3.32. The zero-order valence-electron chi connectivity index (χ0n) is 12.9. The van der Waals surface area contributed by atoms with Crippen LogP contribution in [0.15, 0.2) is 39.8 Å². The first kappa shape index (κ1) is 16.1. The monoisotopic (exact) mass is 370 g/mol. The molecule has 0 atom stereocenters. The molecular formula is C14H20GeN2O3S. The molecule has 0 unspecified atom stereocenters. The Morgan fingerprint density at radius 2 is 1.71 bits per heavy atom. The SMILES string of the molecule is Cc1cc(N(C)S(=O)(=O)c2cc[c]([Ge]([CH3])([CH3])[CH3])cc2)no1. The van der Waals surface area contributed by atoms with Crippen LogP contribution in [0.2, 0.25) is 17.3 Å². The number of aryl methyl sites for hydroxylation is 1. The van der Waals surface area contributed by atoms with Crippen molar-refractivity contribution < 1.29 is 12.9 Å². The third kappa shape index (κ3) is 3.32. The number of benzene rings is 1. The second-order valence-electron chi connectivity index (χ2n) is 6.04. The summed E-state index contributed by atoms with van der Waals surface area (Å²) in [6.07, 6.45) is 0. The topological polar surface area (TPSA) is 63.4 Å². The quantitative estimate of drug-likeness (QED) is 0.777. The Morgan fingerprint density at radius 3 is 2.14 bits per heavy atom. The van der Waals surface area contributed by atoms with Crippen LogP contribution in [0, 0.1) is 6.92 Å². The molecule has 0 saturated carbocycles. The summed E-state index contributed by atoms with van der Waals surface area (Å²) >= 11 is -1.94. The molecule has 0 N–H and O–H groups in total. The molecule has 0 fully saturated rings. The van der Waals surface area contributed by atoms with Gasteiger partial charge < -0.3 is 0 Å². The van der Waals surface area contributed by atoms with Crippen molar-refractivity contribution in [3.05, 3.63) is 36.1 Å². The van der Waals surface area contributed by atoms with E-state index >= 15 is 0 Å². The predicted octanol–water partition coefficient (Wildman–Crippen LogP) is 2.35. The Balaban J connectivity index is 2.36. The van der Waals surface area contributed by atoms with Crippen molar-refractivity contribution in [3.8, 4) is 0 Å². The third-order valence-corrected chi connectivity index (χ3v) is 9.43. The number of nitrogens with zero attached hydrogens (tertiary/aromatic N) is 2. The van der Waals surface area contributed by atoms with Gasteiger partial charge in [-0.25, -0.2) is 0 Å². The Morgan fingerprint density at radius 1 is 1.14 bits per heavy atom. The van der Waals surface area contributed by atoms with E-state index in [1.165, 1.54) is 11.4 Å². The van der Waals surface area contributed by atoms with Crippen LogP contribution in [-0.2, 0) is 10.0 Å². The molecule has 0 saturated heterocycles. The fourth-order valence-corrected chi connectivity index (χ4v) is 5.49. The molecule has 2 rings (SSSR count). The molecule has 21 heavy (non-hydrogen) atoms. The zero-order chi connectivity index (χ0) is 15.8. The van der Waals surface area contributed by atoms with Gasteiger partial charge in [-0.15, -0.1) is 0 Å². The summed E-state index contributed by atoms with van der Waals surface area (Å²) in [7, 11) is -2.13. The molecule has 1 aromatic heterocycles. The maximum absolute atomic E-state index is 12.6. The summed E-state index contributed by atoms with van der Waals surface area (Å²) in [5.41, 5.74) is 0. The van der Waals surface area contributed by atoms with E-state index in [1.54, 1.807) is 25.1 Å². The number of hydrogen-bond acceptors (Lipinski definition) is 4. The molecule has 114 valence electrons. The van der Waals surface area contributed by atoms with E-state index in [0.717, 1.165) is 4.31 Å². The minimum atomic E-state index is -3.61. The van der Waals surface area contributed by atoms with Gasteiger partial charge in [-0.05, 0) is 0 Å². The first-order valence-electron chi connectivity index (χ1n) is 6.65. The molecule has 0 amide bonds. The molecule has 0 aliphatic heterocycles. The van der Waals surface area contributed by atoms with Crippen molar-refractivity contribution in [3.63, 3.8) is 0 Å². The molecule has 2 aromatic rings. The molecule has 0 aliphatic rings. The molecule has 0 bridgehead atoms. The number of hydrogen-bond donors (Lipinski definition) is 0. The second kappa shape index (κ2) is 5.49. The average Bonchev–Trinajstić information content (AvgIpc) is 2.83. The number of rotatable bonds is 4.